The van der Waals surface area contributed by atoms with Crippen LogP contribution in [0.5, 0.6) is 0 Å². The van der Waals surface area contributed by atoms with Gasteiger partial charge in [-0.15, -0.1) is 0 Å². The van der Waals surface area contributed by atoms with Crippen LogP contribution in [0.2, 0.25) is 0 Å². The molecule has 2 aliphatic rings. The average molecular weight is 402 g/mol. The third kappa shape index (κ3) is 3.72. The minimum atomic E-state index is -3.51. The molecule has 1 aliphatic heterocycles. The number of nitrogens with zero attached hydrogens (tertiary/aromatic N) is 3. The molecule has 1 saturated heterocycles. The largest absolute Gasteiger partial charge is 0.384 e. The fourth-order valence-corrected chi connectivity index (χ4v) is 5.72. The molecule has 0 bridgehead atoms. The number of piperazine rings is 1. The molecule has 1 saturated carbocycles. The van der Waals surface area contributed by atoms with Crippen LogP contribution in [-0.2, 0) is 20.2 Å². The lowest BCUT2D eigenvalue weighted by Crippen LogP contribution is -2.50. The van der Waals surface area contributed by atoms with E-state index in [1.54, 1.807) is 29.6 Å². The minimum absolute atomic E-state index is 0.124. The molecule has 1 aromatic heterocycles. The number of hydrogen-bond donors (Lipinski definition) is 0. The molecule has 2 fully saturated rings. The Balaban J connectivity index is 1.43. The molecule has 2 atom stereocenters. The first-order valence-electron chi connectivity index (χ1n) is 9.74. The molecule has 0 spiro atoms. The van der Waals surface area contributed by atoms with Gasteiger partial charge in [-0.2, -0.15) is 4.31 Å². The van der Waals surface area contributed by atoms with Crippen LogP contribution in [0.25, 0.3) is 0 Å². The molecule has 0 radical (unpaired) electrons. The van der Waals surface area contributed by atoms with Gasteiger partial charge in [0.2, 0.25) is 0 Å². The molecule has 7 heteroatoms. The molecule has 6 nitrogen and oxygen atoms in total. The SMILES string of the molecule is COC[C@@H]1C[C@@]1(CN1CCN(S(=O)(=O)c2ccccn2)CC1)c1ccccc1. The van der Waals surface area contributed by atoms with Gasteiger partial charge in [0.05, 0.1) is 0 Å². The van der Waals surface area contributed by atoms with Crippen LogP contribution >= 0.6 is 0 Å². The van der Waals surface area contributed by atoms with E-state index in [1.165, 1.54) is 11.8 Å². The number of ether oxygens (including phenoxy) is 1. The van der Waals surface area contributed by atoms with Crippen LogP contribution in [0.3, 0.4) is 0 Å². The summed E-state index contributed by atoms with van der Waals surface area (Å²) in [6.45, 7) is 4.18. The number of hydrogen-bond acceptors (Lipinski definition) is 5. The van der Waals surface area contributed by atoms with Gasteiger partial charge in [0, 0.05) is 58.1 Å². The fraction of sp³-hybridized carbons (Fsp3) is 0.476. The van der Waals surface area contributed by atoms with Crippen molar-refractivity contribution in [3.63, 3.8) is 0 Å². The summed E-state index contributed by atoms with van der Waals surface area (Å²) in [5.41, 5.74) is 1.49. The third-order valence-electron chi connectivity index (χ3n) is 6.03. The summed E-state index contributed by atoms with van der Waals surface area (Å²) in [6, 6.07) is 15.6. The van der Waals surface area contributed by atoms with E-state index in [0.29, 0.717) is 19.0 Å². The Kier molecular flexibility index (Phi) is 5.51. The molecule has 1 aromatic carbocycles. The highest BCUT2D eigenvalue weighted by Crippen LogP contribution is 2.54. The summed E-state index contributed by atoms with van der Waals surface area (Å²) in [5.74, 6) is 0.523. The van der Waals surface area contributed by atoms with Gasteiger partial charge in [0.15, 0.2) is 5.03 Å². The van der Waals surface area contributed by atoms with E-state index in [4.69, 9.17) is 4.74 Å². The van der Waals surface area contributed by atoms with E-state index < -0.39 is 10.0 Å². The molecule has 4 rings (SSSR count). The molecule has 150 valence electrons. The zero-order valence-corrected chi connectivity index (χ0v) is 17.0. The van der Waals surface area contributed by atoms with Crippen molar-refractivity contribution in [1.82, 2.24) is 14.2 Å². The quantitative estimate of drug-likeness (QED) is 0.710. The van der Waals surface area contributed by atoms with Crippen molar-refractivity contribution in [3.05, 3.63) is 60.3 Å². The highest BCUT2D eigenvalue weighted by atomic mass is 32.2. The number of aromatic nitrogens is 1. The second kappa shape index (κ2) is 7.91. The lowest BCUT2D eigenvalue weighted by atomic mass is 9.92. The second-order valence-electron chi connectivity index (χ2n) is 7.73. The van der Waals surface area contributed by atoms with Gasteiger partial charge in [-0.3, -0.25) is 4.90 Å². The van der Waals surface area contributed by atoms with Gasteiger partial charge in [0.25, 0.3) is 10.0 Å². The Bertz CT molecular complexity index is 884. The minimum Gasteiger partial charge on any atom is -0.384 e. The smallest absolute Gasteiger partial charge is 0.260 e. The standard InChI is InChI=1S/C21H27N3O3S/c1-27-16-19-15-21(19,18-7-3-2-4-8-18)17-23-11-13-24(14-12-23)28(25,26)20-9-5-6-10-22-20/h2-10,19H,11-17H2,1H3/t19-,21+/m0/s1. The summed E-state index contributed by atoms with van der Waals surface area (Å²) >= 11 is 0. The first-order chi connectivity index (χ1) is 13.6. The molecule has 1 aliphatic carbocycles. The zero-order chi connectivity index (χ0) is 19.6. The van der Waals surface area contributed by atoms with E-state index in [-0.39, 0.29) is 10.4 Å². The van der Waals surface area contributed by atoms with E-state index in [2.05, 4.69) is 34.1 Å². The fourth-order valence-electron chi connectivity index (χ4n) is 4.37. The first-order valence-corrected chi connectivity index (χ1v) is 11.2. The molecule has 0 N–H and O–H groups in total. The van der Waals surface area contributed by atoms with Crippen LogP contribution in [0.4, 0.5) is 0 Å². The van der Waals surface area contributed by atoms with Crippen molar-refractivity contribution >= 4 is 10.0 Å². The van der Waals surface area contributed by atoms with Gasteiger partial charge in [-0.25, -0.2) is 13.4 Å². The highest BCUT2D eigenvalue weighted by Gasteiger charge is 2.55. The third-order valence-corrected chi connectivity index (χ3v) is 7.84. The Morgan fingerprint density at radius 1 is 1.07 bits per heavy atom. The van der Waals surface area contributed by atoms with Crippen molar-refractivity contribution < 1.29 is 13.2 Å². The van der Waals surface area contributed by atoms with Crippen molar-refractivity contribution in [1.29, 1.82) is 0 Å². The maximum atomic E-state index is 12.8. The van der Waals surface area contributed by atoms with E-state index in [0.717, 1.165) is 32.7 Å². The van der Waals surface area contributed by atoms with Crippen molar-refractivity contribution in [2.75, 3.05) is 46.4 Å². The van der Waals surface area contributed by atoms with Gasteiger partial charge in [-0.1, -0.05) is 36.4 Å². The Morgan fingerprint density at radius 2 is 1.79 bits per heavy atom. The average Bonchev–Trinajstić information content (AvgIpc) is 3.43. The van der Waals surface area contributed by atoms with E-state index in [1.807, 2.05) is 6.07 Å². The topological polar surface area (TPSA) is 62.7 Å². The van der Waals surface area contributed by atoms with Crippen molar-refractivity contribution in [3.8, 4) is 0 Å². The summed E-state index contributed by atoms with van der Waals surface area (Å²) < 4.78 is 32.5. The van der Waals surface area contributed by atoms with Crippen molar-refractivity contribution in [2.45, 2.75) is 16.9 Å². The van der Waals surface area contributed by atoms with Gasteiger partial charge in [0.1, 0.15) is 0 Å². The Hall–Kier alpha value is -1.80. The molecule has 0 unspecified atom stereocenters. The first kappa shape index (κ1) is 19.5. The monoisotopic (exact) mass is 401 g/mol. The number of benzene rings is 1. The molecule has 28 heavy (non-hydrogen) atoms. The maximum absolute atomic E-state index is 12.8. The number of sulfonamides is 1. The van der Waals surface area contributed by atoms with Gasteiger partial charge < -0.3 is 4.74 Å². The van der Waals surface area contributed by atoms with Crippen molar-refractivity contribution in [2.24, 2.45) is 5.92 Å². The zero-order valence-electron chi connectivity index (χ0n) is 16.2. The van der Waals surface area contributed by atoms with Crippen LogP contribution in [0, 0.1) is 5.92 Å². The molecule has 2 heterocycles. The summed E-state index contributed by atoms with van der Waals surface area (Å²) in [5, 5.41) is 0.131. The van der Waals surface area contributed by atoms with Crippen LogP contribution in [0.15, 0.2) is 59.8 Å². The predicted octanol–water partition coefficient (Wildman–Crippen LogP) is 1.99. The summed E-state index contributed by atoms with van der Waals surface area (Å²) in [7, 11) is -1.75. The van der Waals surface area contributed by atoms with Crippen LogP contribution < -0.4 is 0 Å². The lowest BCUT2D eigenvalue weighted by molar-refractivity contribution is 0.150. The molecule has 0 amide bonds. The Labute approximate surface area is 167 Å². The number of rotatable bonds is 7. The van der Waals surface area contributed by atoms with Crippen LogP contribution in [0.1, 0.15) is 12.0 Å². The lowest BCUT2D eigenvalue weighted by Gasteiger charge is -2.36. The van der Waals surface area contributed by atoms with Gasteiger partial charge >= 0.3 is 0 Å². The van der Waals surface area contributed by atoms with E-state index >= 15 is 0 Å². The number of methoxy groups -OCH3 is 1. The summed E-state index contributed by atoms with van der Waals surface area (Å²) in [6.07, 6.45) is 2.65. The predicted molar refractivity (Wildman–Crippen MR) is 108 cm³/mol. The maximum Gasteiger partial charge on any atom is 0.260 e. The van der Waals surface area contributed by atoms with E-state index in [9.17, 15) is 8.42 Å². The normalized spacial score (nSPS) is 26.2. The Morgan fingerprint density at radius 3 is 2.43 bits per heavy atom. The van der Waals surface area contributed by atoms with Crippen LogP contribution in [-0.4, -0.2) is 69.0 Å². The molecule has 2 aromatic rings. The second-order valence-corrected chi connectivity index (χ2v) is 9.61. The van der Waals surface area contributed by atoms with Gasteiger partial charge in [-0.05, 0) is 30.0 Å². The molecular formula is C21H27N3O3S. The molecular weight excluding hydrogens is 374 g/mol. The summed E-state index contributed by atoms with van der Waals surface area (Å²) in [4.78, 5) is 6.42. The number of pyridine rings is 1. The highest BCUT2D eigenvalue weighted by molar-refractivity contribution is 7.89.